The summed E-state index contributed by atoms with van der Waals surface area (Å²) < 4.78 is 5.56. The van der Waals surface area contributed by atoms with Gasteiger partial charge in [0.2, 0.25) is 0 Å². The maximum Gasteiger partial charge on any atom is 0.122 e. The van der Waals surface area contributed by atoms with E-state index >= 15 is 0 Å². The van der Waals surface area contributed by atoms with Crippen molar-refractivity contribution in [1.82, 2.24) is 0 Å². The minimum absolute atomic E-state index is 0.715. The largest absolute Gasteiger partial charge is 0.493 e. The van der Waals surface area contributed by atoms with Crippen LogP contribution < -0.4 is 10.5 Å². The SMILES string of the molecule is NCCCC#Cc1ccc2c(c1)CCCO2. The van der Waals surface area contributed by atoms with Crippen LogP contribution >= 0.6 is 0 Å². The van der Waals surface area contributed by atoms with Crippen molar-refractivity contribution < 1.29 is 4.74 Å². The van der Waals surface area contributed by atoms with Crippen molar-refractivity contribution in [3.8, 4) is 17.6 Å². The van der Waals surface area contributed by atoms with Gasteiger partial charge in [-0.25, -0.2) is 0 Å². The Morgan fingerprint density at radius 3 is 3.19 bits per heavy atom. The third-order valence-electron chi connectivity index (χ3n) is 2.65. The Bertz CT molecular complexity index is 414. The van der Waals surface area contributed by atoms with Crippen molar-refractivity contribution in [2.24, 2.45) is 5.73 Å². The second kappa shape index (κ2) is 5.58. The quantitative estimate of drug-likeness (QED) is 0.605. The Balaban J connectivity index is 2.07. The van der Waals surface area contributed by atoms with Gasteiger partial charge >= 0.3 is 0 Å². The van der Waals surface area contributed by atoms with E-state index in [4.69, 9.17) is 10.5 Å². The molecule has 0 fully saturated rings. The summed E-state index contributed by atoms with van der Waals surface area (Å²) in [5.74, 6) is 7.33. The van der Waals surface area contributed by atoms with E-state index in [2.05, 4.69) is 17.9 Å². The van der Waals surface area contributed by atoms with Crippen LogP contribution in [-0.2, 0) is 6.42 Å². The van der Waals surface area contributed by atoms with E-state index in [1.165, 1.54) is 5.56 Å². The zero-order chi connectivity index (χ0) is 11.2. The van der Waals surface area contributed by atoms with Crippen LogP contribution in [0, 0.1) is 11.8 Å². The zero-order valence-electron chi connectivity index (χ0n) is 9.46. The number of benzene rings is 1. The molecule has 0 spiro atoms. The highest BCUT2D eigenvalue weighted by atomic mass is 16.5. The van der Waals surface area contributed by atoms with Gasteiger partial charge in [-0.15, -0.1) is 0 Å². The minimum atomic E-state index is 0.715. The van der Waals surface area contributed by atoms with Gasteiger partial charge in [-0.1, -0.05) is 11.8 Å². The standard InChI is InChI=1S/C14H17NO/c15-9-3-1-2-5-12-7-8-14-13(11-12)6-4-10-16-14/h7-8,11H,1,3-4,6,9-10,15H2. The highest BCUT2D eigenvalue weighted by Gasteiger charge is 2.09. The normalized spacial score (nSPS) is 13.3. The van der Waals surface area contributed by atoms with Gasteiger partial charge in [0.25, 0.3) is 0 Å². The summed E-state index contributed by atoms with van der Waals surface area (Å²) in [4.78, 5) is 0. The van der Waals surface area contributed by atoms with E-state index in [0.717, 1.165) is 43.6 Å². The molecule has 2 heteroatoms. The Morgan fingerprint density at radius 2 is 2.31 bits per heavy atom. The Hall–Kier alpha value is -1.46. The summed E-state index contributed by atoms with van der Waals surface area (Å²) in [6, 6.07) is 6.20. The number of hydrogen-bond acceptors (Lipinski definition) is 2. The monoisotopic (exact) mass is 215 g/mol. The second-order valence-corrected chi connectivity index (χ2v) is 3.97. The molecule has 2 nitrogen and oxygen atoms in total. The summed E-state index contributed by atoms with van der Waals surface area (Å²) in [5.41, 5.74) is 7.79. The molecule has 16 heavy (non-hydrogen) atoms. The summed E-state index contributed by atoms with van der Waals surface area (Å²) >= 11 is 0. The molecule has 2 N–H and O–H groups in total. The fourth-order valence-corrected chi connectivity index (χ4v) is 1.79. The fourth-order valence-electron chi connectivity index (χ4n) is 1.79. The highest BCUT2D eigenvalue weighted by molar-refractivity contribution is 5.44. The van der Waals surface area contributed by atoms with Crippen LogP contribution in [0.4, 0.5) is 0 Å². The number of ether oxygens (including phenoxy) is 1. The summed E-state index contributed by atoms with van der Waals surface area (Å²) in [6.45, 7) is 1.56. The molecule has 0 radical (unpaired) electrons. The van der Waals surface area contributed by atoms with Gasteiger partial charge in [-0.3, -0.25) is 0 Å². The molecule has 0 atom stereocenters. The van der Waals surface area contributed by atoms with Gasteiger partial charge in [-0.2, -0.15) is 0 Å². The smallest absolute Gasteiger partial charge is 0.122 e. The van der Waals surface area contributed by atoms with E-state index in [1.54, 1.807) is 0 Å². The van der Waals surface area contributed by atoms with E-state index in [9.17, 15) is 0 Å². The number of rotatable bonds is 2. The first-order valence-corrected chi connectivity index (χ1v) is 5.85. The summed E-state index contributed by atoms with van der Waals surface area (Å²) in [5, 5.41) is 0. The summed E-state index contributed by atoms with van der Waals surface area (Å²) in [6.07, 6.45) is 4.07. The molecule has 84 valence electrons. The lowest BCUT2D eigenvalue weighted by Gasteiger charge is -2.16. The first-order chi connectivity index (χ1) is 7.90. The molecule has 1 aromatic carbocycles. The van der Waals surface area contributed by atoms with Crippen LogP contribution in [0.2, 0.25) is 0 Å². The first-order valence-electron chi connectivity index (χ1n) is 5.85. The first kappa shape index (κ1) is 11.0. The Labute approximate surface area is 96.8 Å². The van der Waals surface area contributed by atoms with Crippen LogP contribution in [-0.4, -0.2) is 13.2 Å². The molecule has 1 aliphatic rings. The van der Waals surface area contributed by atoms with Crippen molar-refractivity contribution in [1.29, 1.82) is 0 Å². The third kappa shape index (κ3) is 2.77. The average molecular weight is 215 g/mol. The van der Waals surface area contributed by atoms with Gasteiger partial charge in [0.15, 0.2) is 0 Å². The van der Waals surface area contributed by atoms with E-state index in [0.29, 0.717) is 6.54 Å². The highest BCUT2D eigenvalue weighted by Crippen LogP contribution is 2.25. The molecule has 0 saturated carbocycles. The molecular formula is C14H17NO. The van der Waals surface area contributed by atoms with Crippen LogP contribution in [0.1, 0.15) is 30.4 Å². The molecule has 1 aromatic rings. The van der Waals surface area contributed by atoms with E-state index in [1.807, 2.05) is 12.1 Å². The average Bonchev–Trinajstić information content (AvgIpc) is 2.34. The molecule has 1 heterocycles. The lowest BCUT2D eigenvalue weighted by molar-refractivity contribution is 0.288. The number of fused-ring (bicyclic) bond motifs is 1. The van der Waals surface area contributed by atoms with Crippen LogP contribution in [0.3, 0.4) is 0 Å². The number of hydrogen-bond donors (Lipinski definition) is 1. The molecule has 0 aliphatic carbocycles. The predicted octanol–water partition coefficient (Wildman–Crippen LogP) is 2.10. The van der Waals surface area contributed by atoms with Crippen molar-refractivity contribution in [2.45, 2.75) is 25.7 Å². The topological polar surface area (TPSA) is 35.2 Å². The minimum Gasteiger partial charge on any atom is -0.493 e. The Kier molecular flexibility index (Phi) is 3.85. The van der Waals surface area contributed by atoms with E-state index < -0.39 is 0 Å². The van der Waals surface area contributed by atoms with Crippen LogP contribution in [0.25, 0.3) is 0 Å². The van der Waals surface area contributed by atoms with Gasteiger partial charge in [0, 0.05) is 12.0 Å². The summed E-state index contributed by atoms with van der Waals surface area (Å²) in [7, 11) is 0. The zero-order valence-corrected chi connectivity index (χ0v) is 9.46. The second-order valence-electron chi connectivity index (χ2n) is 3.97. The van der Waals surface area contributed by atoms with Crippen molar-refractivity contribution in [3.05, 3.63) is 29.3 Å². The maximum atomic E-state index is 5.56. The number of aryl methyl sites for hydroxylation is 1. The lowest BCUT2D eigenvalue weighted by atomic mass is 10.0. The molecule has 0 unspecified atom stereocenters. The molecule has 0 bridgehead atoms. The molecule has 0 aromatic heterocycles. The molecule has 1 aliphatic heterocycles. The Morgan fingerprint density at radius 1 is 1.38 bits per heavy atom. The van der Waals surface area contributed by atoms with Crippen molar-refractivity contribution in [2.75, 3.05) is 13.2 Å². The van der Waals surface area contributed by atoms with Crippen molar-refractivity contribution in [3.63, 3.8) is 0 Å². The van der Waals surface area contributed by atoms with Gasteiger partial charge in [0.1, 0.15) is 5.75 Å². The molecular weight excluding hydrogens is 198 g/mol. The molecule has 2 rings (SSSR count). The van der Waals surface area contributed by atoms with Crippen LogP contribution in [0.5, 0.6) is 5.75 Å². The predicted molar refractivity (Wildman–Crippen MR) is 65.4 cm³/mol. The number of nitrogens with two attached hydrogens (primary N) is 1. The van der Waals surface area contributed by atoms with Crippen LogP contribution in [0.15, 0.2) is 18.2 Å². The van der Waals surface area contributed by atoms with Gasteiger partial charge in [0.05, 0.1) is 6.61 Å². The van der Waals surface area contributed by atoms with Crippen molar-refractivity contribution >= 4 is 0 Å². The van der Waals surface area contributed by atoms with Gasteiger partial charge < -0.3 is 10.5 Å². The van der Waals surface area contributed by atoms with Gasteiger partial charge in [-0.05, 0) is 49.6 Å². The number of unbranched alkanes of at least 4 members (excludes halogenated alkanes) is 1. The molecule has 0 amide bonds. The van der Waals surface area contributed by atoms with E-state index in [-0.39, 0.29) is 0 Å². The lowest BCUT2D eigenvalue weighted by Crippen LogP contribution is -2.08. The maximum absolute atomic E-state index is 5.56. The molecule has 0 saturated heterocycles. The fraction of sp³-hybridized carbons (Fsp3) is 0.429. The third-order valence-corrected chi connectivity index (χ3v) is 2.65.